The van der Waals surface area contributed by atoms with E-state index >= 15 is 0 Å². The molecule has 0 saturated carbocycles. The fraction of sp³-hybridized carbons (Fsp3) is 0.286. The van der Waals surface area contributed by atoms with Gasteiger partial charge in [-0.2, -0.15) is 5.10 Å². The van der Waals surface area contributed by atoms with E-state index in [1.54, 1.807) is 0 Å². The van der Waals surface area contributed by atoms with Crippen molar-refractivity contribution in [3.63, 3.8) is 0 Å². The topological polar surface area (TPSA) is 55.9 Å². The second-order valence-electron chi connectivity index (χ2n) is 4.66. The van der Waals surface area contributed by atoms with Crippen LogP contribution in [0, 0.1) is 13.8 Å². The molecule has 4 nitrogen and oxygen atoms in total. The molecule has 0 amide bonds. The Morgan fingerprint density at radius 1 is 1.42 bits per heavy atom. The number of nitrogens with zero attached hydrogens (tertiary/aromatic N) is 2. The molecule has 5 heteroatoms. The maximum atomic E-state index is 5.65. The molecule has 100 valence electrons. The van der Waals surface area contributed by atoms with Crippen LogP contribution in [0.3, 0.4) is 0 Å². The lowest BCUT2D eigenvalue weighted by molar-refractivity contribution is 0.756. The molecule has 0 spiro atoms. The Morgan fingerprint density at radius 2 is 2.16 bits per heavy atom. The van der Waals surface area contributed by atoms with Crippen molar-refractivity contribution in [3.8, 4) is 0 Å². The van der Waals surface area contributed by atoms with Crippen molar-refractivity contribution in [3.05, 3.63) is 46.8 Å². The van der Waals surface area contributed by atoms with Crippen LogP contribution in [-0.4, -0.2) is 14.8 Å². The van der Waals surface area contributed by atoms with Gasteiger partial charge in [0.1, 0.15) is 4.99 Å². The van der Waals surface area contributed by atoms with Crippen LogP contribution in [0.2, 0.25) is 0 Å². The zero-order valence-corrected chi connectivity index (χ0v) is 12.2. The number of benzene rings is 1. The highest BCUT2D eigenvalue weighted by molar-refractivity contribution is 7.80. The summed E-state index contributed by atoms with van der Waals surface area (Å²) in [5, 5.41) is 7.71. The Balaban J connectivity index is 2.10. The van der Waals surface area contributed by atoms with Crippen molar-refractivity contribution in [2.75, 3.05) is 5.32 Å². The number of hydrogen-bond acceptors (Lipinski definition) is 3. The lowest BCUT2D eigenvalue weighted by Crippen LogP contribution is -2.11. The molecule has 1 heterocycles. The number of nitrogens with two attached hydrogens (primary N) is 1. The first-order valence-corrected chi connectivity index (χ1v) is 6.51. The van der Waals surface area contributed by atoms with E-state index in [0.717, 1.165) is 29.1 Å². The highest BCUT2D eigenvalue weighted by Crippen LogP contribution is 2.16. The molecular weight excluding hydrogens is 256 g/mol. The number of thiocarbonyl (C=S) groups is 1. The van der Waals surface area contributed by atoms with Gasteiger partial charge in [0, 0.05) is 36.6 Å². The molecule has 0 aliphatic carbocycles. The third-order valence-electron chi connectivity index (χ3n) is 3.09. The van der Waals surface area contributed by atoms with Crippen LogP contribution in [-0.2, 0) is 13.6 Å². The molecule has 0 aliphatic rings. The van der Waals surface area contributed by atoms with E-state index in [1.165, 1.54) is 5.56 Å². The second-order valence-corrected chi connectivity index (χ2v) is 5.10. The van der Waals surface area contributed by atoms with Crippen LogP contribution in [0.15, 0.2) is 24.4 Å². The van der Waals surface area contributed by atoms with E-state index in [0.29, 0.717) is 4.99 Å². The minimum absolute atomic E-state index is 0.437. The van der Waals surface area contributed by atoms with Gasteiger partial charge in [-0.15, -0.1) is 0 Å². The number of rotatable bonds is 4. The van der Waals surface area contributed by atoms with Crippen molar-refractivity contribution in [2.24, 2.45) is 12.8 Å². The van der Waals surface area contributed by atoms with Crippen LogP contribution >= 0.6 is 12.2 Å². The van der Waals surface area contributed by atoms with Gasteiger partial charge in [0.2, 0.25) is 0 Å². The fourth-order valence-corrected chi connectivity index (χ4v) is 2.30. The Kier molecular flexibility index (Phi) is 3.85. The molecule has 0 unspecified atom stereocenters. The third kappa shape index (κ3) is 3.12. The SMILES string of the molecule is Cc1cc(NCc2cn(C)nc2C)ccc1C(N)=S. The van der Waals surface area contributed by atoms with Gasteiger partial charge in [-0.1, -0.05) is 12.2 Å². The highest BCUT2D eigenvalue weighted by atomic mass is 32.1. The van der Waals surface area contributed by atoms with Crippen LogP contribution in [0.1, 0.15) is 22.4 Å². The molecule has 0 aliphatic heterocycles. The molecule has 0 bridgehead atoms. The predicted molar refractivity (Wildman–Crippen MR) is 82.3 cm³/mol. The Hall–Kier alpha value is -1.88. The van der Waals surface area contributed by atoms with Crippen LogP contribution < -0.4 is 11.1 Å². The minimum atomic E-state index is 0.437. The summed E-state index contributed by atoms with van der Waals surface area (Å²) >= 11 is 5.00. The molecule has 19 heavy (non-hydrogen) atoms. The second kappa shape index (κ2) is 5.40. The lowest BCUT2D eigenvalue weighted by atomic mass is 10.1. The van der Waals surface area contributed by atoms with E-state index in [-0.39, 0.29) is 0 Å². The zero-order valence-electron chi connectivity index (χ0n) is 11.4. The molecular formula is C14H18N4S. The number of anilines is 1. The summed E-state index contributed by atoms with van der Waals surface area (Å²) in [4.78, 5) is 0.437. The van der Waals surface area contributed by atoms with Gasteiger partial charge in [0.25, 0.3) is 0 Å². The smallest absolute Gasteiger partial charge is 0.104 e. The van der Waals surface area contributed by atoms with Crippen LogP contribution in [0.4, 0.5) is 5.69 Å². The van der Waals surface area contributed by atoms with E-state index in [2.05, 4.69) is 16.5 Å². The van der Waals surface area contributed by atoms with Gasteiger partial charge in [-0.3, -0.25) is 4.68 Å². The molecule has 2 aromatic rings. The predicted octanol–water partition coefficient (Wildman–Crippen LogP) is 2.28. The molecule has 0 saturated heterocycles. The van der Waals surface area contributed by atoms with E-state index < -0.39 is 0 Å². The van der Waals surface area contributed by atoms with Gasteiger partial charge in [0.05, 0.1) is 5.69 Å². The average Bonchev–Trinajstić information content (AvgIpc) is 2.65. The van der Waals surface area contributed by atoms with E-state index in [4.69, 9.17) is 18.0 Å². The first-order valence-electron chi connectivity index (χ1n) is 6.11. The fourth-order valence-electron chi connectivity index (χ4n) is 2.07. The Morgan fingerprint density at radius 3 is 2.68 bits per heavy atom. The summed E-state index contributed by atoms with van der Waals surface area (Å²) in [6.45, 7) is 4.78. The Bertz CT molecular complexity index is 616. The molecule has 2 rings (SSSR count). The van der Waals surface area contributed by atoms with Crippen molar-refractivity contribution in [1.82, 2.24) is 9.78 Å². The monoisotopic (exact) mass is 274 g/mol. The molecule has 1 aromatic heterocycles. The normalized spacial score (nSPS) is 10.5. The number of aromatic nitrogens is 2. The minimum Gasteiger partial charge on any atom is -0.389 e. The van der Waals surface area contributed by atoms with E-state index in [1.807, 2.05) is 43.9 Å². The van der Waals surface area contributed by atoms with Crippen LogP contribution in [0.5, 0.6) is 0 Å². The van der Waals surface area contributed by atoms with Crippen molar-refractivity contribution in [2.45, 2.75) is 20.4 Å². The standard InChI is InChI=1S/C14H18N4S/c1-9-6-12(4-5-13(9)14(15)19)16-7-11-8-18(3)17-10(11)2/h4-6,8,16H,7H2,1-3H3,(H2,15,19). The molecule has 0 fully saturated rings. The summed E-state index contributed by atoms with van der Waals surface area (Å²) in [7, 11) is 1.93. The highest BCUT2D eigenvalue weighted by Gasteiger charge is 2.05. The number of aryl methyl sites for hydroxylation is 3. The summed E-state index contributed by atoms with van der Waals surface area (Å²) in [5.74, 6) is 0. The maximum Gasteiger partial charge on any atom is 0.104 e. The summed E-state index contributed by atoms with van der Waals surface area (Å²) in [6, 6.07) is 6.00. The largest absolute Gasteiger partial charge is 0.389 e. The van der Waals surface area contributed by atoms with Crippen molar-refractivity contribution < 1.29 is 0 Å². The zero-order chi connectivity index (χ0) is 14.0. The van der Waals surface area contributed by atoms with Crippen LogP contribution in [0.25, 0.3) is 0 Å². The first-order chi connectivity index (χ1) is 8.97. The van der Waals surface area contributed by atoms with Crippen molar-refractivity contribution in [1.29, 1.82) is 0 Å². The number of hydrogen-bond donors (Lipinski definition) is 2. The molecule has 0 atom stereocenters. The third-order valence-corrected chi connectivity index (χ3v) is 3.31. The average molecular weight is 274 g/mol. The quantitative estimate of drug-likeness (QED) is 0.840. The van der Waals surface area contributed by atoms with Crippen molar-refractivity contribution >= 4 is 22.9 Å². The van der Waals surface area contributed by atoms with Gasteiger partial charge >= 0.3 is 0 Å². The van der Waals surface area contributed by atoms with Gasteiger partial charge in [0.15, 0.2) is 0 Å². The molecule has 3 N–H and O–H groups in total. The summed E-state index contributed by atoms with van der Waals surface area (Å²) < 4.78 is 1.83. The molecule has 0 radical (unpaired) electrons. The van der Waals surface area contributed by atoms with E-state index in [9.17, 15) is 0 Å². The lowest BCUT2D eigenvalue weighted by Gasteiger charge is -2.09. The first kappa shape index (κ1) is 13.5. The molecule has 1 aromatic carbocycles. The summed E-state index contributed by atoms with van der Waals surface area (Å²) in [5.41, 5.74) is 11.0. The van der Waals surface area contributed by atoms with Gasteiger partial charge in [-0.25, -0.2) is 0 Å². The summed E-state index contributed by atoms with van der Waals surface area (Å²) in [6.07, 6.45) is 2.03. The Labute approximate surface area is 118 Å². The van der Waals surface area contributed by atoms with Gasteiger partial charge in [-0.05, 0) is 37.6 Å². The number of nitrogens with one attached hydrogen (secondary N) is 1. The maximum absolute atomic E-state index is 5.65. The van der Waals surface area contributed by atoms with Gasteiger partial charge < -0.3 is 11.1 Å².